The fourth-order valence-corrected chi connectivity index (χ4v) is 2.86. The molecule has 0 saturated heterocycles. The van der Waals surface area contributed by atoms with Crippen molar-refractivity contribution in [3.8, 4) is 0 Å². The summed E-state index contributed by atoms with van der Waals surface area (Å²) in [6.07, 6.45) is 0. The Morgan fingerprint density at radius 3 is 2.10 bits per heavy atom. The molecule has 0 aliphatic carbocycles. The van der Waals surface area contributed by atoms with Gasteiger partial charge in [-0.1, -0.05) is 47.5 Å². The molecule has 0 bridgehead atoms. The van der Waals surface area contributed by atoms with E-state index in [9.17, 15) is 4.39 Å². The van der Waals surface area contributed by atoms with Gasteiger partial charge >= 0.3 is 0 Å². The minimum Gasteiger partial charge on any atom is -0.304 e. The lowest BCUT2D eigenvalue weighted by Crippen LogP contribution is -2.23. The van der Waals surface area contributed by atoms with E-state index in [4.69, 9.17) is 23.2 Å². The molecule has 0 aromatic heterocycles. The molecule has 0 spiro atoms. The second kappa shape index (κ2) is 6.57. The zero-order chi connectivity index (χ0) is 14.7. The molecule has 2 atom stereocenters. The maximum Gasteiger partial charge on any atom is 0.124 e. The lowest BCUT2D eigenvalue weighted by molar-refractivity contribution is 0.494. The maximum atomic E-state index is 13.1. The summed E-state index contributed by atoms with van der Waals surface area (Å²) in [5, 5.41) is 4.58. The molecule has 20 heavy (non-hydrogen) atoms. The molecule has 2 rings (SSSR count). The van der Waals surface area contributed by atoms with E-state index < -0.39 is 0 Å². The highest BCUT2D eigenvalue weighted by Gasteiger charge is 2.15. The Bertz CT molecular complexity index is 601. The standard InChI is InChI=1S/C16H16Cl2FN/c1-10(13-5-3-4-6-15(13)17)20-11(2)14-8-7-12(19)9-16(14)18/h3-11,20H,1-2H3/t10-,11?/m1/s1. The Labute approximate surface area is 128 Å². The average molecular weight is 312 g/mol. The minimum atomic E-state index is -0.329. The molecule has 0 amide bonds. The monoisotopic (exact) mass is 311 g/mol. The van der Waals surface area contributed by atoms with E-state index in [1.165, 1.54) is 12.1 Å². The van der Waals surface area contributed by atoms with Gasteiger partial charge in [-0.05, 0) is 43.2 Å². The Kier molecular flexibility index (Phi) is 5.03. The number of benzene rings is 2. The van der Waals surface area contributed by atoms with Crippen LogP contribution in [0.15, 0.2) is 42.5 Å². The molecule has 1 N–H and O–H groups in total. The fourth-order valence-electron chi connectivity index (χ4n) is 2.23. The van der Waals surface area contributed by atoms with Gasteiger partial charge in [0.05, 0.1) is 0 Å². The van der Waals surface area contributed by atoms with Crippen LogP contribution in [0.25, 0.3) is 0 Å². The van der Waals surface area contributed by atoms with Crippen LogP contribution in [0.2, 0.25) is 10.0 Å². The third kappa shape index (κ3) is 3.51. The molecule has 0 aliphatic heterocycles. The van der Waals surface area contributed by atoms with Crippen LogP contribution in [0.5, 0.6) is 0 Å². The number of hydrogen-bond donors (Lipinski definition) is 1. The Morgan fingerprint density at radius 2 is 1.50 bits per heavy atom. The van der Waals surface area contributed by atoms with Crippen LogP contribution in [-0.4, -0.2) is 0 Å². The zero-order valence-corrected chi connectivity index (χ0v) is 12.8. The van der Waals surface area contributed by atoms with E-state index in [0.29, 0.717) is 5.02 Å². The topological polar surface area (TPSA) is 12.0 Å². The van der Waals surface area contributed by atoms with Gasteiger partial charge in [-0.3, -0.25) is 0 Å². The predicted molar refractivity (Wildman–Crippen MR) is 82.8 cm³/mol. The molecule has 0 aliphatic rings. The van der Waals surface area contributed by atoms with Gasteiger partial charge in [0.25, 0.3) is 0 Å². The van der Waals surface area contributed by atoms with Crippen molar-refractivity contribution >= 4 is 23.2 Å². The number of hydrogen-bond acceptors (Lipinski definition) is 1. The number of halogens is 3. The summed E-state index contributed by atoms with van der Waals surface area (Å²) in [6.45, 7) is 4.03. The van der Waals surface area contributed by atoms with Crippen LogP contribution in [0.4, 0.5) is 4.39 Å². The highest BCUT2D eigenvalue weighted by atomic mass is 35.5. The van der Waals surface area contributed by atoms with E-state index in [-0.39, 0.29) is 17.9 Å². The quantitative estimate of drug-likeness (QED) is 0.781. The van der Waals surface area contributed by atoms with Gasteiger partial charge in [0, 0.05) is 22.1 Å². The summed E-state index contributed by atoms with van der Waals surface area (Å²) in [5.41, 5.74) is 1.89. The fraction of sp³-hybridized carbons (Fsp3) is 0.250. The molecule has 0 fully saturated rings. The van der Waals surface area contributed by atoms with E-state index >= 15 is 0 Å². The van der Waals surface area contributed by atoms with E-state index in [1.54, 1.807) is 6.07 Å². The van der Waals surface area contributed by atoms with Gasteiger partial charge in [0.15, 0.2) is 0 Å². The average Bonchev–Trinajstić information content (AvgIpc) is 2.38. The summed E-state index contributed by atoms with van der Waals surface area (Å²) in [4.78, 5) is 0. The molecule has 0 heterocycles. The smallest absolute Gasteiger partial charge is 0.124 e. The van der Waals surface area contributed by atoms with Crippen LogP contribution < -0.4 is 5.32 Å². The normalized spacial score (nSPS) is 14.1. The Hall–Kier alpha value is -1.09. The Balaban J connectivity index is 2.15. The first-order chi connectivity index (χ1) is 9.49. The lowest BCUT2D eigenvalue weighted by Gasteiger charge is -2.22. The largest absolute Gasteiger partial charge is 0.304 e. The third-order valence-corrected chi connectivity index (χ3v) is 3.97. The predicted octanol–water partition coefficient (Wildman–Crippen LogP) is 5.54. The lowest BCUT2D eigenvalue weighted by atomic mass is 10.0. The first-order valence-corrected chi connectivity index (χ1v) is 7.20. The molecular weight excluding hydrogens is 296 g/mol. The molecule has 0 saturated carbocycles. The van der Waals surface area contributed by atoms with Gasteiger partial charge in [-0.15, -0.1) is 0 Å². The van der Waals surface area contributed by atoms with Crippen LogP contribution in [0.3, 0.4) is 0 Å². The number of rotatable bonds is 4. The van der Waals surface area contributed by atoms with Gasteiger partial charge in [-0.25, -0.2) is 4.39 Å². The molecule has 0 radical (unpaired) electrons. The van der Waals surface area contributed by atoms with Crippen LogP contribution in [0, 0.1) is 5.82 Å². The van der Waals surface area contributed by atoms with Crippen LogP contribution in [-0.2, 0) is 0 Å². The van der Waals surface area contributed by atoms with Gasteiger partial charge < -0.3 is 5.32 Å². The highest BCUT2D eigenvalue weighted by molar-refractivity contribution is 6.31. The summed E-state index contributed by atoms with van der Waals surface area (Å²) in [5.74, 6) is -0.329. The van der Waals surface area contributed by atoms with E-state index in [1.807, 2.05) is 38.1 Å². The second-order valence-corrected chi connectivity index (χ2v) is 5.61. The molecule has 2 aromatic carbocycles. The Morgan fingerprint density at radius 1 is 0.900 bits per heavy atom. The summed E-state index contributed by atoms with van der Waals surface area (Å²) >= 11 is 12.3. The summed E-state index contributed by atoms with van der Waals surface area (Å²) in [7, 11) is 0. The van der Waals surface area contributed by atoms with Crippen molar-refractivity contribution in [1.82, 2.24) is 5.32 Å². The van der Waals surface area contributed by atoms with Crippen molar-refractivity contribution in [3.63, 3.8) is 0 Å². The maximum absolute atomic E-state index is 13.1. The molecule has 106 valence electrons. The molecule has 4 heteroatoms. The van der Waals surface area contributed by atoms with E-state index in [2.05, 4.69) is 5.32 Å². The van der Waals surface area contributed by atoms with Crippen LogP contribution in [0.1, 0.15) is 37.1 Å². The van der Waals surface area contributed by atoms with Crippen molar-refractivity contribution in [2.45, 2.75) is 25.9 Å². The third-order valence-electron chi connectivity index (χ3n) is 3.30. The van der Waals surface area contributed by atoms with Gasteiger partial charge in [0.1, 0.15) is 5.82 Å². The molecular formula is C16H16Cl2FN. The first kappa shape index (κ1) is 15.3. The van der Waals surface area contributed by atoms with Crippen molar-refractivity contribution in [3.05, 3.63) is 69.5 Å². The highest BCUT2D eigenvalue weighted by Crippen LogP contribution is 2.28. The minimum absolute atomic E-state index is 0.00521. The molecule has 2 aromatic rings. The van der Waals surface area contributed by atoms with Crippen LogP contribution >= 0.6 is 23.2 Å². The van der Waals surface area contributed by atoms with Crippen molar-refractivity contribution in [2.75, 3.05) is 0 Å². The first-order valence-electron chi connectivity index (χ1n) is 6.44. The summed E-state index contributed by atoms with van der Waals surface area (Å²) in [6, 6.07) is 12.2. The molecule has 1 nitrogen and oxygen atoms in total. The van der Waals surface area contributed by atoms with Crippen molar-refractivity contribution < 1.29 is 4.39 Å². The van der Waals surface area contributed by atoms with Crippen molar-refractivity contribution in [1.29, 1.82) is 0 Å². The number of nitrogens with one attached hydrogen (secondary N) is 1. The second-order valence-electron chi connectivity index (χ2n) is 4.80. The summed E-state index contributed by atoms with van der Waals surface area (Å²) < 4.78 is 13.1. The van der Waals surface area contributed by atoms with Gasteiger partial charge in [-0.2, -0.15) is 0 Å². The van der Waals surface area contributed by atoms with Crippen molar-refractivity contribution in [2.24, 2.45) is 0 Å². The van der Waals surface area contributed by atoms with E-state index in [0.717, 1.165) is 16.1 Å². The SMILES string of the molecule is CC(N[C@H](C)c1ccccc1Cl)c1ccc(F)cc1Cl. The molecule has 1 unspecified atom stereocenters. The van der Waals surface area contributed by atoms with Gasteiger partial charge in [0.2, 0.25) is 0 Å². The zero-order valence-electron chi connectivity index (χ0n) is 11.3.